The van der Waals surface area contributed by atoms with E-state index in [-0.39, 0.29) is 0 Å². The molecule has 0 aliphatic rings. The van der Waals surface area contributed by atoms with Crippen molar-refractivity contribution in [1.29, 1.82) is 0 Å². The van der Waals surface area contributed by atoms with Gasteiger partial charge in [-0.1, -0.05) is 6.07 Å². The van der Waals surface area contributed by atoms with Crippen molar-refractivity contribution in [2.45, 2.75) is 13.5 Å². The number of hydrogen-bond donors (Lipinski definition) is 1. The number of nitrogens with zero attached hydrogens (tertiary/aromatic N) is 2. The van der Waals surface area contributed by atoms with Crippen molar-refractivity contribution in [3.05, 3.63) is 52.4 Å². The number of pyridine rings is 1. The number of nitrogens with one attached hydrogen (secondary N) is 1. The van der Waals surface area contributed by atoms with Crippen LogP contribution < -0.4 is 4.74 Å². The molecule has 0 aliphatic heterocycles. The Morgan fingerprint density at radius 1 is 1.30 bits per heavy atom. The highest BCUT2D eigenvalue weighted by molar-refractivity contribution is 7.71. The molecular formula is C15H15N3OS. The number of aromatic nitrogens is 3. The van der Waals surface area contributed by atoms with Gasteiger partial charge in [0.05, 0.1) is 24.7 Å². The number of ether oxygens (including phenoxy) is 1. The Hall–Kier alpha value is -2.14. The molecule has 0 atom stereocenters. The molecular weight excluding hydrogens is 270 g/mol. The van der Waals surface area contributed by atoms with Crippen molar-refractivity contribution in [3.8, 4) is 5.88 Å². The fraction of sp³-hybridized carbons (Fsp3) is 0.200. The standard InChI is InChI=1S/C15H15N3OS/c1-10-3-4-13-12(7-10)17-15(20)18(13)9-11-5-6-16-14(8-11)19-2/h3-8H,9H2,1-2H3,(H,17,20). The number of aryl methyl sites for hydroxylation is 1. The lowest BCUT2D eigenvalue weighted by atomic mass is 10.2. The minimum atomic E-state index is 0.615. The summed E-state index contributed by atoms with van der Waals surface area (Å²) in [4.78, 5) is 7.37. The van der Waals surface area contributed by atoms with Gasteiger partial charge in [-0.3, -0.25) is 0 Å². The molecule has 0 saturated carbocycles. The summed E-state index contributed by atoms with van der Waals surface area (Å²) in [6, 6.07) is 10.2. The number of benzene rings is 1. The van der Waals surface area contributed by atoms with Gasteiger partial charge in [0.2, 0.25) is 5.88 Å². The number of hydrogen-bond acceptors (Lipinski definition) is 3. The lowest BCUT2D eigenvalue weighted by Gasteiger charge is -2.06. The molecule has 0 bridgehead atoms. The van der Waals surface area contributed by atoms with E-state index in [9.17, 15) is 0 Å². The van der Waals surface area contributed by atoms with E-state index in [1.54, 1.807) is 13.3 Å². The van der Waals surface area contributed by atoms with Gasteiger partial charge in [-0.2, -0.15) is 0 Å². The minimum Gasteiger partial charge on any atom is -0.481 e. The molecule has 0 spiro atoms. The van der Waals surface area contributed by atoms with E-state index >= 15 is 0 Å². The van der Waals surface area contributed by atoms with Gasteiger partial charge in [-0.25, -0.2) is 4.98 Å². The van der Waals surface area contributed by atoms with Crippen LogP contribution in [0.4, 0.5) is 0 Å². The summed E-state index contributed by atoms with van der Waals surface area (Å²) in [5.41, 5.74) is 4.49. The van der Waals surface area contributed by atoms with Crippen LogP contribution in [0, 0.1) is 11.7 Å². The summed E-state index contributed by atoms with van der Waals surface area (Å²) in [7, 11) is 1.62. The number of imidazole rings is 1. The Bertz CT molecular complexity index is 819. The lowest BCUT2D eigenvalue weighted by molar-refractivity contribution is 0.397. The van der Waals surface area contributed by atoms with E-state index in [1.807, 2.05) is 12.1 Å². The van der Waals surface area contributed by atoms with Crippen molar-refractivity contribution < 1.29 is 4.74 Å². The molecule has 4 nitrogen and oxygen atoms in total. The monoisotopic (exact) mass is 285 g/mol. The molecule has 3 rings (SSSR count). The molecule has 0 radical (unpaired) electrons. The molecule has 0 unspecified atom stereocenters. The van der Waals surface area contributed by atoms with E-state index in [4.69, 9.17) is 17.0 Å². The average Bonchev–Trinajstić information content (AvgIpc) is 2.74. The number of H-pyrrole nitrogens is 1. The first-order valence-corrected chi connectivity index (χ1v) is 6.76. The van der Waals surface area contributed by atoms with E-state index in [0.717, 1.165) is 21.4 Å². The second-order valence-electron chi connectivity index (χ2n) is 4.74. The van der Waals surface area contributed by atoms with Crippen LogP contribution >= 0.6 is 12.2 Å². The Balaban J connectivity index is 2.06. The van der Waals surface area contributed by atoms with E-state index < -0.39 is 0 Å². The van der Waals surface area contributed by atoms with E-state index in [0.29, 0.717) is 12.4 Å². The van der Waals surface area contributed by atoms with Gasteiger partial charge in [0.25, 0.3) is 0 Å². The van der Waals surface area contributed by atoms with Gasteiger partial charge >= 0.3 is 0 Å². The van der Waals surface area contributed by atoms with Crippen LogP contribution in [0.3, 0.4) is 0 Å². The summed E-state index contributed by atoms with van der Waals surface area (Å²) in [5, 5.41) is 0. The zero-order valence-electron chi connectivity index (χ0n) is 11.4. The molecule has 3 aromatic rings. The normalized spacial score (nSPS) is 10.9. The fourth-order valence-corrected chi connectivity index (χ4v) is 2.55. The quantitative estimate of drug-likeness (QED) is 0.749. The van der Waals surface area contributed by atoms with Crippen LogP contribution in [0.1, 0.15) is 11.1 Å². The van der Waals surface area contributed by atoms with Crippen molar-refractivity contribution in [3.63, 3.8) is 0 Å². The topological polar surface area (TPSA) is 42.8 Å². The average molecular weight is 285 g/mol. The van der Waals surface area contributed by atoms with Crippen LogP contribution in [0.25, 0.3) is 11.0 Å². The van der Waals surface area contributed by atoms with Gasteiger partial charge in [-0.15, -0.1) is 0 Å². The van der Waals surface area contributed by atoms with Crippen LogP contribution in [0.15, 0.2) is 36.5 Å². The highest BCUT2D eigenvalue weighted by atomic mass is 32.1. The maximum Gasteiger partial charge on any atom is 0.213 e. The van der Waals surface area contributed by atoms with Gasteiger partial charge in [0.15, 0.2) is 4.77 Å². The number of methoxy groups -OCH3 is 1. The summed E-state index contributed by atoms with van der Waals surface area (Å²) in [5.74, 6) is 0.615. The Morgan fingerprint density at radius 2 is 2.15 bits per heavy atom. The summed E-state index contributed by atoms with van der Waals surface area (Å²) in [6.07, 6.45) is 1.75. The van der Waals surface area contributed by atoms with Crippen molar-refractivity contribution in [2.24, 2.45) is 0 Å². The SMILES string of the molecule is COc1cc(Cn2c(=S)[nH]c3cc(C)ccc32)ccn1. The molecule has 0 fully saturated rings. The fourth-order valence-electron chi connectivity index (χ4n) is 2.28. The molecule has 2 aromatic heterocycles. The summed E-state index contributed by atoms with van der Waals surface area (Å²) in [6.45, 7) is 2.77. The third-order valence-electron chi connectivity index (χ3n) is 3.28. The number of rotatable bonds is 3. The van der Waals surface area contributed by atoms with Crippen molar-refractivity contribution >= 4 is 23.3 Å². The molecule has 0 aliphatic carbocycles. The van der Waals surface area contributed by atoms with Gasteiger partial charge in [0, 0.05) is 12.3 Å². The minimum absolute atomic E-state index is 0.615. The second kappa shape index (κ2) is 5.09. The van der Waals surface area contributed by atoms with Crippen LogP contribution in [0.5, 0.6) is 5.88 Å². The predicted octanol–water partition coefficient (Wildman–Crippen LogP) is 3.46. The van der Waals surface area contributed by atoms with E-state index in [1.165, 1.54) is 5.56 Å². The first kappa shape index (κ1) is 12.9. The molecule has 2 heterocycles. The molecule has 0 saturated heterocycles. The van der Waals surface area contributed by atoms with Crippen LogP contribution in [-0.2, 0) is 6.54 Å². The third-order valence-corrected chi connectivity index (χ3v) is 3.60. The highest BCUT2D eigenvalue weighted by Gasteiger charge is 2.06. The van der Waals surface area contributed by atoms with Crippen LogP contribution in [-0.4, -0.2) is 21.6 Å². The number of fused-ring (bicyclic) bond motifs is 1. The molecule has 5 heteroatoms. The lowest BCUT2D eigenvalue weighted by Crippen LogP contribution is -2.00. The molecule has 102 valence electrons. The molecule has 0 amide bonds. The summed E-state index contributed by atoms with van der Waals surface area (Å²) < 4.78 is 7.96. The maximum absolute atomic E-state index is 5.42. The Labute approximate surface area is 122 Å². The molecule has 1 aromatic carbocycles. The second-order valence-corrected chi connectivity index (χ2v) is 5.13. The predicted molar refractivity (Wildman–Crippen MR) is 81.8 cm³/mol. The Morgan fingerprint density at radius 3 is 2.95 bits per heavy atom. The number of aromatic amines is 1. The first-order chi connectivity index (χ1) is 9.67. The molecule has 20 heavy (non-hydrogen) atoms. The maximum atomic E-state index is 5.42. The largest absolute Gasteiger partial charge is 0.481 e. The molecule has 1 N–H and O–H groups in total. The summed E-state index contributed by atoms with van der Waals surface area (Å²) >= 11 is 5.42. The van der Waals surface area contributed by atoms with Crippen molar-refractivity contribution in [1.82, 2.24) is 14.5 Å². The van der Waals surface area contributed by atoms with Crippen LogP contribution in [0.2, 0.25) is 0 Å². The van der Waals surface area contributed by atoms with Gasteiger partial charge < -0.3 is 14.3 Å². The Kier molecular flexibility index (Phi) is 3.28. The van der Waals surface area contributed by atoms with Gasteiger partial charge in [-0.05, 0) is 48.5 Å². The zero-order chi connectivity index (χ0) is 14.1. The smallest absolute Gasteiger partial charge is 0.213 e. The van der Waals surface area contributed by atoms with Gasteiger partial charge in [0.1, 0.15) is 0 Å². The first-order valence-electron chi connectivity index (χ1n) is 6.35. The van der Waals surface area contributed by atoms with Crippen molar-refractivity contribution in [2.75, 3.05) is 7.11 Å². The third kappa shape index (κ3) is 2.32. The zero-order valence-corrected chi connectivity index (χ0v) is 12.2. The van der Waals surface area contributed by atoms with E-state index in [2.05, 4.69) is 39.7 Å². The highest BCUT2D eigenvalue weighted by Crippen LogP contribution is 2.18.